The van der Waals surface area contributed by atoms with Crippen molar-refractivity contribution in [3.8, 4) is 0 Å². The first-order valence-electron chi connectivity index (χ1n) is 2.60. The predicted octanol–water partition coefficient (Wildman–Crippen LogP) is 0.555. The summed E-state index contributed by atoms with van der Waals surface area (Å²) in [5.41, 5.74) is 0.0231. The second-order valence-corrected chi connectivity index (χ2v) is 3.18. The Labute approximate surface area is 62.5 Å². The Hall–Kier alpha value is 0.0700. The van der Waals surface area contributed by atoms with Gasteiger partial charge in [0.1, 0.15) is 5.50 Å². The summed E-state index contributed by atoms with van der Waals surface area (Å²) >= 11 is 6.70. The molecule has 1 saturated heterocycles. The van der Waals surface area contributed by atoms with E-state index in [1.807, 2.05) is 0 Å². The molecule has 2 N–H and O–H groups in total. The van der Waals surface area contributed by atoms with Crippen molar-refractivity contribution in [2.75, 3.05) is 12.3 Å². The van der Waals surface area contributed by atoms with Crippen molar-refractivity contribution in [3.05, 3.63) is 0 Å². The van der Waals surface area contributed by atoms with E-state index in [1.54, 1.807) is 11.8 Å². The lowest BCUT2D eigenvalue weighted by atomic mass is 10.7. The summed E-state index contributed by atoms with van der Waals surface area (Å²) in [5, 5.41) is 5.06. The number of nitrogens with one attached hydrogen (secondary N) is 2. The Morgan fingerprint density at radius 2 is 2.67 bits per heavy atom. The van der Waals surface area contributed by atoms with Gasteiger partial charge in [-0.05, 0) is 11.6 Å². The van der Waals surface area contributed by atoms with E-state index < -0.39 is 5.37 Å². The van der Waals surface area contributed by atoms with Crippen molar-refractivity contribution < 1.29 is 4.79 Å². The summed E-state index contributed by atoms with van der Waals surface area (Å²) in [4.78, 5) is 10.2. The third kappa shape index (κ3) is 2.43. The molecule has 0 aromatic carbocycles. The molecule has 0 aromatic rings. The summed E-state index contributed by atoms with van der Waals surface area (Å²) in [6, 6.07) is 0. The van der Waals surface area contributed by atoms with E-state index >= 15 is 0 Å². The number of halogens is 1. The van der Waals surface area contributed by atoms with Crippen LogP contribution >= 0.6 is 23.4 Å². The third-order valence-corrected chi connectivity index (χ3v) is 2.13. The fourth-order valence-electron chi connectivity index (χ4n) is 0.621. The Bertz CT molecular complexity index is 115. The lowest BCUT2D eigenvalue weighted by Gasteiger charge is -2.06. The van der Waals surface area contributed by atoms with Crippen molar-refractivity contribution in [1.29, 1.82) is 0 Å². The summed E-state index contributed by atoms with van der Waals surface area (Å²) in [6.45, 7) is 0.937. The number of hydrogen-bond acceptors (Lipinski definition) is 3. The molecule has 0 bridgehead atoms. The smallest absolute Gasteiger partial charge is 0.315 e. The van der Waals surface area contributed by atoms with E-state index in [-0.39, 0.29) is 5.50 Å². The van der Waals surface area contributed by atoms with Crippen LogP contribution in [-0.2, 0) is 0 Å². The molecule has 1 aliphatic heterocycles. The Morgan fingerprint density at radius 1 is 1.89 bits per heavy atom. The number of amides is 1. The monoisotopic (exact) mass is 166 g/mol. The van der Waals surface area contributed by atoms with Gasteiger partial charge in [-0.3, -0.25) is 10.1 Å². The van der Waals surface area contributed by atoms with Gasteiger partial charge in [0.05, 0.1) is 0 Å². The number of carbonyl (C=O) groups excluding carboxylic acids is 1. The maximum atomic E-state index is 10.2. The topological polar surface area (TPSA) is 41.1 Å². The highest BCUT2D eigenvalue weighted by Gasteiger charge is 2.14. The highest BCUT2D eigenvalue weighted by atomic mass is 35.5. The van der Waals surface area contributed by atoms with Gasteiger partial charge in [-0.2, -0.15) is 0 Å². The summed E-state index contributed by atoms with van der Waals surface area (Å²) in [5.74, 6) is 1.03. The molecule has 1 fully saturated rings. The third-order valence-electron chi connectivity index (χ3n) is 0.961. The van der Waals surface area contributed by atoms with E-state index in [0.717, 1.165) is 12.3 Å². The van der Waals surface area contributed by atoms with Crippen LogP contribution in [0.4, 0.5) is 4.79 Å². The fourth-order valence-corrected chi connectivity index (χ4v) is 1.69. The molecular weight excluding hydrogens is 160 g/mol. The molecule has 1 rings (SSSR count). The van der Waals surface area contributed by atoms with Crippen molar-refractivity contribution in [2.45, 2.75) is 5.50 Å². The molecule has 0 radical (unpaired) electrons. The van der Waals surface area contributed by atoms with Crippen LogP contribution in [0.25, 0.3) is 0 Å². The normalized spacial score (nSPS) is 26.1. The van der Waals surface area contributed by atoms with E-state index in [9.17, 15) is 4.79 Å². The van der Waals surface area contributed by atoms with Gasteiger partial charge in [0.25, 0.3) is 0 Å². The maximum Gasteiger partial charge on any atom is 0.315 e. The largest absolute Gasteiger partial charge is 0.318 e. The minimum absolute atomic E-state index is 0.0231. The lowest BCUT2D eigenvalue weighted by molar-refractivity contribution is 0.258. The zero-order valence-electron chi connectivity index (χ0n) is 4.69. The number of rotatable bonds is 1. The molecular formula is C4H7ClN2OS. The highest BCUT2D eigenvalue weighted by Crippen LogP contribution is 2.10. The standard InChI is InChI=1S/C4H7ClN2OS/c5-3(8)7-4-6-1-2-9-4/h4,6H,1-2H2,(H,7,8). The van der Waals surface area contributed by atoms with Crippen molar-refractivity contribution in [2.24, 2.45) is 0 Å². The highest BCUT2D eigenvalue weighted by molar-refractivity contribution is 8.00. The van der Waals surface area contributed by atoms with E-state index in [2.05, 4.69) is 10.6 Å². The molecule has 1 amide bonds. The number of carbonyl (C=O) groups is 1. The summed E-state index contributed by atoms with van der Waals surface area (Å²) in [6.07, 6.45) is 0. The first kappa shape index (κ1) is 7.18. The van der Waals surface area contributed by atoms with Gasteiger partial charge in [0, 0.05) is 12.3 Å². The van der Waals surface area contributed by atoms with Gasteiger partial charge in [-0.1, -0.05) is 0 Å². The predicted molar refractivity (Wildman–Crippen MR) is 38.6 cm³/mol. The molecule has 5 heteroatoms. The fraction of sp³-hybridized carbons (Fsp3) is 0.750. The first-order valence-corrected chi connectivity index (χ1v) is 4.03. The van der Waals surface area contributed by atoms with Crippen molar-refractivity contribution in [1.82, 2.24) is 10.6 Å². The maximum absolute atomic E-state index is 10.2. The van der Waals surface area contributed by atoms with Gasteiger partial charge >= 0.3 is 5.37 Å². The van der Waals surface area contributed by atoms with Crippen LogP contribution in [0.3, 0.4) is 0 Å². The van der Waals surface area contributed by atoms with Crippen LogP contribution in [0.2, 0.25) is 0 Å². The average Bonchev–Trinajstić information content (AvgIpc) is 2.15. The SMILES string of the molecule is O=C(Cl)NC1NCCS1. The van der Waals surface area contributed by atoms with Gasteiger partial charge < -0.3 is 5.32 Å². The molecule has 1 aliphatic rings. The molecule has 1 atom stereocenters. The van der Waals surface area contributed by atoms with Gasteiger partial charge in [-0.15, -0.1) is 11.8 Å². The molecule has 1 heterocycles. The number of thioether (sulfide) groups is 1. The first-order chi connectivity index (χ1) is 4.29. The molecule has 0 spiro atoms. The van der Waals surface area contributed by atoms with Crippen LogP contribution in [0.5, 0.6) is 0 Å². The van der Waals surface area contributed by atoms with E-state index in [0.29, 0.717) is 0 Å². The van der Waals surface area contributed by atoms with Crippen LogP contribution in [0, 0.1) is 0 Å². The van der Waals surface area contributed by atoms with Gasteiger partial charge in [0.2, 0.25) is 0 Å². The lowest BCUT2D eigenvalue weighted by Crippen LogP contribution is -2.36. The van der Waals surface area contributed by atoms with Crippen LogP contribution in [0.15, 0.2) is 0 Å². The average molecular weight is 167 g/mol. The van der Waals surface area contributed by atoms with Crippen molar-refractivity contribution in [3.63, 3.8) is 0 Å². The van der Waals surface area contributed by atoms with Crippen molar-refractivity contribution >= 4 is 28.7 Å². The Kier molecular flexibility index (Phi) is 2.63. The quantitative estimate of drug-likeness (QED) is 0.442. The molecule has 1 unspecified atom stereocenters. The molecule has 52 valence electrons. The summed E-state index contributed by atoms with van der Waals surface area (Å²) in [7, 11) is 0. The van der Waals surface area contributed by atoms with Crippen LogP contribution in [0.1, 0.15) is 0 Å². The molecule has 9 heavy (non-hydrogen) atoms. The van der Waals surface area contributed by atoms with Crippen LogP contribution in [-0.4, -0.2) is 23.2 Å². The molecule has 0 saturated carbocycles. The minimum Gasteiger partial charge on any atom is -0.318 e. The zero-order valence-corrected chi connectivity index (χ0v) is 6.26. The van der Waals surface area contributed by atoms with Gasteiger partial charge in [-0.25, -0.2) is 0 Å². The molecule has 0 aromatic heterocycles. The Morgan fingerprint density at radius 3 is 3.11 bits per heavy atom. The van der Waals surface area contributed by atoms with E-state index in [4.69, 9.17) is 11.6 Å². The second kappa shape index (κ2) is 3.29. The molecule has 3 nitrogen and oxygen atoms in total. The minimum atomic E-state index is -0.498. The Balaban J connectivity index is 2.19. The van der Waals surface area contributed by atoms with E-state index in [1.165, 1.54) is 0 Å². The summed E-state index contributed by atoms with van der Waals surface area (Å²) < 4.78 is 0. The van der Waals surface area contributed by atoms with Crippen LogP contribution < -0.4 is 10.6 Å². The zero-order chi connectivity index (χ0) is 6.69. The molecule has 0 aliphatic carbocycles. The van der Waals surface area contributed by atoms with Gasteiger partial charge in [0.15, 0.2) is 0 Å². The second-order valence-electron chi connectivity index (χ2n) is 1.62. The number of hydrogen-bond donors (Lipinski definition) is 2.